The maximum absolute atomic E-state index is 11.8. The van der Waals surface area contributed by atoms with E-state index in [9.17, 15) is 4.79 Å². The summed E-state index contributed by atoms with van der Waals surface area (Å²) in [7, 11) is 0. The van der Waals surface area contributed by atoms with Crippen LogP contribution in [0.5, 0.6) is 0 Å². The van der Waals surface area contributed by atoms with Crippen molar-refractivity contribution in [2.24, 2.45) is 0 Å². The Balaban J connectivity index is 1.70. The van der Waals surface area contributed by atoms with E-state index < -0.39 is 0 Å². The van der Waals surface area contributed by atoms with Crippen molar-refractivity contribution in [2.75, 3.05) is 44.2 Å². The average molecular weight is 278 g/mol. The normalized spacial score (nSPS) is 16.1. The second kappa shape index (κ2) is 7.85. The van der Waals surface area contributed by atoms with E-state index in [1.165, 1.54) is 10.7 Å². The van der Waals surface area contributed by atoms with Crippen molar-refractivity contribution in [3.63, 3.8) is 0 Å². The Kier molecular flexibility index (Phi) is 5.80. The third-order valence-electron chi connectivity index (χ3n) is 3.77. The van der Waals surface area contributed by atoms with Gasteiger partial charge in [0.25, 0.3) is 11.7 Å². The summed E-state index contributed by atoms with van der Waals surface area (Å²) in [4.78, 5) is 18.8. The molecule has 1 amide bonds. The summed E-state index contributed by atoms with van der Waals surface area (Å²) in [6.45, 7) is 7.59. The molecule has 1 aliphatic rings. The molecule has 0 radical (unpaired) electrons. The zero-order valence-corrected chi connectivity index (χ0v) is 12.3. The molecular weight excluding hydrogens is 252 g/mol. The van der Waals surface area contributed by atoms with Crippen LogP contribution in [0, 0.1) is 0 Å². The number of anilines is 1. The third kappa shape index (κ3) is 4.49. The summed E-state index contributed by atoms with van der Waals surface area (Å²) in [6.07, 6.45) is 4.15. The summed E-state index contributed by atoms with van der Waals surface area (Å²) >= 11 is 0. The molecule has 110 valence electrons. The van der Waals surface area contributed by atoms with E-state index in [1.54, 1.807) is 0 Å². The van der Waals surface area contributed by atoms with E-state index in [0.29, 0.717) is 6.54 Å². The van der Waals surface area contributed by atoms with Gasteiger partial charge < -0.3 is 10.2 Å². The highest BCUT2D eigenvalue weighted by Crippen LogP contribution is 2.04. The van der Waals surface area contributed by atoms with E-state index in [1.807, 2.05) is 18.3 Å². The number of quaternary nitrogens is 1. The standard InChI is InChI=1S/C15H24N4O/c1-2-3-7-17-15(20)13-18-9-11-19(12-10-18)14-6-4-5-8-16-14/h4-6,8H,2-3,7,9-13H2,1H3,(H,17,20)/p+2. The number of carbonyl (C=O) groups is 1. The van der Waals surface area contributed by atoms with Gasteiger partial charge in [0.2, 0.25) is 0 Å². The molecular formula is C15H26N4O+2. The summed E-state index contributed by atoms with van der Waals surface area (Å²) < 4.78 is 0. The molecule has 0 saturated carbocycles. The third-order valence-corrected chi connectivity index (χ3v) is 3.77. The van der Waals surface area contributed by atoms with Gasteiger partial charge in [0.15, 0.2) is 6.54 Å². The Hall–Kier alpha value is -1.62. The molecule has 1 aromatic rings. The van der Waals surface area contributed by atoms with Crippen LogP contribution in [0.4, 0.5) is 5.82 Å². The number of rotatable bonds is 6. The van der Waals surface area contributed by atoms with E-state index >= 15 is 0 Å². The molecule has 2 heterocycles. The number of nitrogens with zero attached hydrogens (tertiary/aromatic N) is 1. The van der Waals surface area contributed by atoms with Crippen molar-refractivity contribution in [1.82, 2.24) is 5.32 Å². The SMILES string of the molecule is CCCCNC(=O)C[NH+]1CCN(c2cccc[nH+]2)CC1. The molecule has 0 unspecified atom stereocenters. The van der Waals surface area contributed by atoms with E-state index in [2.05, 4.69) is 28.2 Å². The molecule has 1 aliphatic heterocycles. The Bertz CT molecular complexity index is 402. The fraction of sp³-hybridized carbons (Fsp3) is 0.600. The van der Waals surface area contributed by atoms with Crippen molar-refractivity contribution >= 4 is 11.7 Å². The molecule has 0 aromatic carbocycles. The number of pyridine rings is 1. The zero-order valence-electron chi connectivity index (χ0n) is 12.3. The molecule has 1 fully saturated rings. The topological polar surface area (TPSA) is 50.9 Å². The average Bonchev–Trinajstić information content (AvgIpc) is 2.49. The van der Waals surface area contributed by atoms with Crippen LogP contribution in [-0.4, -0.2) is 45.2 Å². The highest BCUT2D eigenvalue weighted by Gasteiger charge is 2.26. The largest absolute Gasteiger partial charge is 0.351 e. The smallest absolute Gasteiger partial charge is 0.275 e. The van der Waals surface area contributed by atoms with Crippen molar-refractivity contribution in [3.05, 3.63) is 24.4 Å². The summed E-state index contributed by atoms with van der Waals surface area (Å²) in [6, 6.07) is 6.14. The van der Waals surface area contributed by atoms with Gasteiger partial charge in [-0.15, -0.1) is 0 Å². The maximum atomic E-state index is 11.8. The highest BCUT2D eigenvalue weighted by molar-refractivity contribution is 5.76. The van der Waals surface area contributed by atoms with Crippen LogP contribution in [0.2, 0.25) is 0 Å². The lowest BCUT2D eigenvalue weighted by Crippen LogP contribution is -3.16. The van der Waals surface area contributed by atoms with Gasteiger partial charge in [0.05, 0.1) is 6.20 Å². The molecule has 2 rings (SSSR count). The summed E-state index contributed by atoms with van der Waals surface area (Å²) in [5.41, 5.74) is 0. The molecule has 0 atom stereocenters. The van der Waals surface area contributed by atoms with Crippen LogP contribution >= 0.6 is 0 Å². The fourth-order valence-corrected chi connectivity index (χ4v) is 2.52. The Morgan fingerprint density at radius 1 is 1.40 bits per heavy atom. The number of unbranched alkanes of at least 4 members (excludes halogenated alkanes) is 1. The maximum Gasteiger partial charge on any atom is 0.275 e. The van der Waals surface area contributed by atoms with Crippen molar-refractivity contribution in [2.45, 2.75) is 19.8 Å². The molecule has 0 bridgehead atoms. The second-order valence-electron chi connectivity index (χ2n) is 5.37. The lowest BCUT2D eigenvalue weighted by Gasteiger charge is -2.27. The number of piperazine rings is 1. The Morgan fingerprint density at radius 2 is 2.20 bits per heavy atom. The van der Waals surface area contributed by atoms with Gasteiger partial charge in [0.1, 0.15) is 26.2 Å². The molecule has 1 aromatic heterocycles. The first-order chi connectivity index (χ1) is 9.79. The molecule has 0 spiro atoms. The van der Waals surface area contributed by atoms with Crippen molar-refractivity contribution in [3.8, 4) is 0 Å². The monoisotopic (exact) mass is 278 g/mol. The number of aromatic amines is 1. The zero-order chi connectivity index (χ0) is 14.2. The van der Waals surface area contributed by atoms with Crippen LogP contribution in [0.15, 0.2) is 24.4 Å². The van der Waals surface area contributed by atoms with Crippen LogP contribution < -0.4 is 20.1 Å². The Labute approximate surface area is 121 Å². The van der Waals surface area contributed by atoms with Crippen LogP contribution in [-0.2, 0) is 4.79 Å². The van der Waals surface area contributed by atoms with E-state index in [-0.39, 0.29) is 5.91 Å². The summed E-state index contributed by atoms with van der Waals surface area (Å²) in [5.74, 6) is 1.35. The van der Waals surface area contributed by atoms with Gasteiger partial charge in [-0.25, -0.2) is 4.98 Å². The van der Waals surface area contributed by atoms with Gasteiger partial charge >= 0.3 is 0 Å². The van der Waals surface area contributed by atoms with Gasteiger partial charge in [-0.2, -0.15) is 0 Å². The number of nitrogens with one attached hydrogen (secondary N) is 3. The van der Waals surface area contributed by atoms with Gasteiger partial charge in [-0.1, -0.05) is 19.4 Å². The minimum absolute atomic E-state index is 0.188. The molecule has 5 nitrogen and oxygen atoms in total. The first-order valence-electron chi connectivity index (χ1n) is 7.61. The number of carbonyl (C=O) groups excluding carboxylic acids is 1. The summed E-state index contributed by atoms with van der Waals surface area (Å²) in [5, 5.41) is 2.99. The number of hydrogen-bond acceptors (Lipinski definition) is 2. The molecule has 1 saturated heterocycles. The lowest BCUT2D eigenvalue weighted by molar-refractivity contribution is -0.892. The Morgan fingerprint density at radius 3 is 2.85 bits per heavy atom. The highest BCUT2D eigenvalue weighted by atomic mass is 16.2. The molecule has 0 aliphatic carbocycles. The predicted octanol–water partition coefficient (Wildman–Crippen LogP) is -0.878. The minimum Gasteiger partial charge on any atom is -0.351 e. The van der Waals surface area contributed by atoms with E-state index in [4.69, 9.17) is 0 Å². The number of H-pyrrole nitrogens is 1. The second-order valence-corrected chi connectivity index (χ2v) is 5.37. The van der Waals surface area contributed by atoms with E-state index in [0.717, 1.165) is 45.6 Å². The number of aromatic nitrogens is 1. The van der Waals surface area contributed by atoms with Crippen LogP contribution in [0.3, 0.4) is 0 Å². The quantitative estimate of drug-likeness (QED) is 0.664. The first-order valence-corrected chi connectivity index (χ1v) is 7.61. The van der Waals surface area contributed by atoms with Gasteiger partial charge in [-0.3, -0.25) is 9.69 Å². The van der Waals surface area contributed by atoms with Gasteiger partial charge in [-0.05, 0) is 12.5 Å². The minimum atomic E-state index is 0.188. The number of hydrogen-bond donors (Lipinski definition) is 2. The van der Waals surface area contributed by atoms with Crippen LogP contribution in [0.25, 0.3) is 0 Å². The predicted molar refractivity (Wildman–Crippen MR) is 78.7 cm³/mol. The molecule has 20 heavy (non-hydrogen) atoms. The van der Waals surface area contributed by atoms with Gasteiger partial charge in [0, 0.05) is 12.6 Å². The fourth-order valence-electron chi connectivity index (χ4n) is 2.52. The van der Waals surface area contributed by atoms with Crippen LogP contribution in [0.1, 0.15) is 19.8 Å². The van der Waals surface area contributed by atoms with Crippen molar-refractivity contribution in [1.29, 1.82) is 0 Å². The molecule has 5 heteroatoms. The number of amides is 1. The van der Waals surface area contributed by atoms with Crippen molar-refractivity contribution < 1.29 is 14.7 Å². The first kappa shape index (κ1) is 14.8. The lowest BCUT2D eigenvalue weighted by atomic mass is 10.3. The molecule has 3 N–H and O–H groups in total.